The molecule has 1 aliphatic heterocycles. The number of rotatable bonds is 3. The molecule has 1 N–H and O–H groups in total. The lowest BCUT2D eigenvalue weighted by atomic mass is 10.2. The van der Waals surface area contributed by atoms with Crippen molar-refractivity contribution >= 4 is 27.5 Å². The first kappa shape index (κ1) is 14.2. The Kier molecular flexibility index (Phi) is 4.39. The fourth-order valence-corrected chi connectivity index (χ4v) is 2.48. The van der Waals surface area contributed by atoms with E-state index in [4.69, 9.17) is 0 Å². The van der Waals surface area contributed by atoms with Crippen LogP contribution in [0.15, 0.2) is 16.6 Å². The van der Waals surface area contributed by atoms with Crippen LogP contribution < -0.4 is 5.32 Å². The zero-order valence-electron chi connectivity index (χ0n) is 10.5. The normalized spacial score (nSPS) is 16.5. The predicted octanol–water partition coefficient (Wildman–Crippen LogP) is 3.15. The summed E-state index contributed by atoms with van der Waals surface area (Å²) in [6.45, 7) is 3.18. The highest BCUT2D eigenvalue weighted by molar-refractivity contribution is 9.10. The van der Waals surface area contributed by atoms with E-state index in [0.29, 0.717) is 0 Å². The van der Waals surface area contributed by atoms with Crippen LogP contribution in [0.2, 0.25) is 0 Å². The second-order valence-electron chi connectivity index (χ2n) is 4.64. The van der Waals surface area contributed by atoms with Crippen molar-refractivity contribution < 1.29 is 13.6 Å². The lowest BCUT2D eigenvalue weighted by molar-refractivity contribution is -0.130. The number of benzene rings is 1. The molecule has 1 unspecified atom stereocenters. The average molecular weight is 333 g/mol. The van der Waals surface area contributed by atoms with Crippen molar-refractivity contribution in [2.75, 3.05) is 18.4 Å². The van der Waals surface area contributed by atoms with E-state index in [9.17, 15) is 13.6 Å². The molecule has 104 valence electrons. The fraction of sp³-hybridized carbons (Fsp3) is 0.462. The Hall–Kier alpha value is -1.17. The summed E-state index contributed by atoms with van der Waals surface area (Å²) in [4.78, 5) is 13.8. The largest absolute Gasteiger partial charge is 0.371 e. The minimum atomic E-state index is -0.707. The molecular formula is C13H15BrF2N2O. The number of likely N-dealkylation sites (tertiary alicyclic amines) is 1. The van der Waals surface area contributed by atoms with Crippen LogP contribution in [0.4, 0.5) is 14.5 Å². The molecule has 0 aliphatic carbocycles. The zero-order chi connectivity index (χ0) is 14.0. The fourth-order valence-electron chi connectivity index (χ4n) is 2.14. The summed E-state index contributed by atoms with van der Waals surface area (Å²) in [7, 11) is 0. The van der Waals surface area contributed by atoms with Gasteiger partial charge in [0.15, 0.2) is 0 Å². The Morgan fingerprint density at radius 3 is 2.58 bits per heavy atom. The first-order valence-corrected chi connectivity index (χ1v) is 6.98. The number of hydrogen-bond donors (Lipinski definition) is 1. The smallest absolute Gasteiger partial charge is 0.244 e. The molecule has 2 rings (SSSR count). The standard InChI is InChI=1S/C13H15BrF2N2O/c1-8(13(19)18-4-2-3-5-18)17-12-6-9(14)10(15)7-11(12)16/h6-8,17H,2-5H2,1H3. The van der Waals surface area contributed by atoms with Crippen LogP contribution >= 0.6 is 15.9 Å². The first-order chi connectivity index (χ1) is 8.99. The number of halogens is 3. The van der Waals surface area contributed by atoms with Crippen molar-refractivity contribution in [2.24, 2.45) is 0 Å². The molecule has 1 fully saturated rings. The molecule has 1 heterocycles. The van der Waals surface area contributed by atoms with Gasteiger partial charge in [-0.2, -0.15) is 0 Å². The van der Waals surface area contributed by atoms with Gasteiger partial charge in [-0.15, -0.1) is 0 Å². The molecule has 6 heteroatoms. The van der Waals surface area contributed by atoms with Crippen LogP contribution in [0.5, 0.6) is 0 Å². The Bertz CT molecular complexity index is 490. The molecule has 1 amide bonds. The summed E-state index contributed by atoms with van der Waals surface area (Å²) in [6, 6.07) is 1.56. The Labute approximate surface area is 119 Å². The minimum absolute atomic E-state index is 0.0580. The van der Waals surface area contributed by atoms with Crippen molar-refractivity contribution in [3.63, 3.8) is 0 Å². The number of hydrogen-bond acceptors (Lipinski definition) is 2. The van der Waals surface area contributed by atoms with E-state index in [2.05, 4.69) is 21.2 Å². The van der Waals surface area contributed by atoms with Crippen LogP contribution in [0, 0.1) is 11.6 Å². The predicted molar refractivity (Wildman–Crippen MR) is 73.0 cm³/mol. The van der Waals surface area contributed by atoms with Gasteiger partial charge in [0.1, 0.15) is 17.7 Å². The number of anilines is 1. The number of nitrogens with one attached hydrogen (secondary N) is 1. The van der Waals surface area contributed by atoms with Gasteiger partial charge < -0.3 is 10.2 Å². The Morgan fingerprint density at radius 1 is 1.32 bits per heavy atom. The van der Waals surface area contributed by atoms with Gasteiger partial charge in [-0.25, -0.2) is 8.78 Å². The van der Waals surface area contributed by atoms with Gasteiger partial charge in [-0.05, 0) is 41.8 Å². The van der Waals surface area contributed by atoms with Crippen molar-refractivity contribution in [2.45, 2.75) is 25.8 Å². The average Bonchev–Trinajstić information content (AvgIpc) is 2.88. The molecule has 0 radical (unpaired) electrons. The van der Waals surface area contributed by atoms with E-state index >= 15 is 0 Å². The van der Waals surface area contributed by atoms with E-state index in [1.54, 1.807) is 11.8 Å². The van der Waals surface area contributed by atoms with Crippen molar-refractivity contribution in [3.05, 3.63) is 28.2 Å². The van der Waals surface area contributed by atoms with E-state index in [0.717, 1.165) is 32.0 Å². The summed E-state index contributed by atoms with van der Waals surface area (Å²) < 4.78 is 26.9. The molecule has 1 aromatic rings. The topological polar surface area (TPSA) is 32.3 Å². The third-order valence-corrected chi connectivity index (χ3v) is 3.78. The minimum Gasteiger partial charge on any atom is -0.371 e. The molecule has 0 aromatic heterocycles. The van der Waals surface area contributed by atoms with Crippen LogP contribution in [-0.2, 0) is 4.79 Å². The lowest BCUT2D eigenvalue weighted by Crippen LogP contribution is -2.39. The molecule has 3 nitrogen and oxygen atoms in total. The van der Waals surface area contributed by atoms with E-state index in [1.807, 2.05) is 0 Å². The van der Waals surface area contributed by atoms with Crippen LogP contribution in [0.1, 0.15) is 19.8 Å². The molecule has 1 aliphatic rings. The number of amides is 1. The maximum Gasteiger partial charge on any atom is 0.244 e. The quantitative estimate of drug-likeness (QED) is 0.862. The van der Waals surface area contributed by atoms with E-state index in [1.165, 1.54) is 6.07 Å². The van der Waals surface area contributed by atoms with Gasteiger partial charge in [-0.1, -0.05) is 0 Å². The van der Waals surface area contributed by atoms with Gasteiger partial charge in [0.05, 0.1) is 10.2 Å². The molecule has 1 saturated heterocycles. The summed E-state index contributed by atoms with van der Waals surface area (Å²) in [6.07, 6.45) is 2.02. The molecule has 0 bridgehead atoms. The summed E-state index contributed by atoms with van der Waals surface area (Å²) in [5.74, 6) is -1.43. The lowest BCUT2D eigenvalue weighted by Gasteiger charge is -2.22. The molecule has 19 heavy (non-hydrogen) atoms. The second-order valence-corrected chi connectivity index (χ2v) is 5.50. The molecule has 0 saturated carbocycles. The number of carbonyl (C=O) groups excluding carboxylic acids is 1. The van der Waals surface area contributed by atoms with Crippen LogP contribution in [-0.4, -0.2) is 29.9 Å². The van der Waals surface area contributed by atoms with E-state index < -0.39 is 17.7 Å². The highest BCUT2D eigenvalue weighted by Gasteiger charge is 2.23. The van der Waals surface area contributed by atoms with Crippen molar-refractivity contribution in [1.82, 2.24) is 4.90 Å². The third-order valence-electron chi connectivity index (χ3n) is 3.17. The third kappa shape index (κ3) is 3.23. The SMILES string of the molecule is CC(Nc1cc(Br)c(F)cc1F)C(=O)N1CCCC1. The van der Waals surface area contributed by atoms with Gasteiger partial charge in [0, 0.05) is 19.2 Å². The molecular weight excluding hydrogens is 318 g/mol. The molecule has 1 aromatic carbocycles. The van der Waals surface area contributed by atoms with Crippen LogP contribution in [0.25, 0.3) is 0 Å². The highest BCUT2D eigenvalue weighted by atomic mass is 79.9. The van der Waals surface area contributed by atoms with Gasteiger partial charge >= 0.3 is 0 Å². The maximum absolute atomic E-state index is 13.6. The Morgan fingerprint density at radius 2 is 1.95 bits per heavy atom. The van der Waals surface area contributed by atoms with Gasteiger partial charge in [-0.3, -0.25) is 4.79 Å². The summed E-state index contributed by atoms with van der Waals surface area (Å²) >= 11 is 3.00. The van der Waals surface area contributed by atoms with E-state index in [-0.39, 0.29) is 16.1 Å². The van der Waals surface area contributed by atoms with Crippen LogP contribution in [0.3, 0.4) is 0 Å². The first-order valence-electron chi connectivity index (χ1n) is 6.19. The monoisotopic (exact) mass is 332 g/mol. The number of carbonyl (C=O) groups is 1. The Balaban J connectivity index is 2.08. The van der Waals surface area contributed by atoms with Gasteiger partial charge in [0.25, 0.3) is 0 Å². The van der Waals surface area contributed by atoms with Crippen molar-refractivity contribution in [3.8, 4) is 0 Å². The second kappa shape index (κ2) is 5.86. The highest BCUT2D eigenvalue weighted by Crippen LogP contribution is 2.24. The zero-order valence-corrected chi connectivity index (χ0v) is 12.1. The maximum atomic E-state index is 13.6. The van der Waals surface area contributed by atoms with Crippen molar-refractivity contribution in [1.29, 1.82) is 0 Å². The molecule has 1 atom stereocenters. The summed E-state index contributed by atoms with van der Waals surface area (Å²) in [5.41, 5.74) is 0.119. The van der Waals surface area contributed by atoms with Gasteiger partial charge in [0.2, 0.25) is 5.91 Å². The summed E-state index contributed by atoms with van der Waals surface area (Å²) in [5, 5.41) is 2.79. The number of nitrogens with zero attached hydrogens (tertiary/aromatic N) is 1. The molecule has 0 spiro atoms.